The van der Waals surface area contributed by atoms with Crippen molar-refractivity contribution in [3.05, 3.63) is 11.1 Å². The molecule has 0 saturated heterocycles. The van der Waals surface area contributed by atoms with E-state index in [0.717, 1.165) is 30.5 Å². The van der Waals surface area contributed by atoms with Gasteiger partial charge in [-0.3, -0.25) is 0 Å². The molecule has 0 aromatic carbocycles. The molecule has 0 bridgehead atoms. The average Bonchev–Trinajstić information content (AvgIpc) is 2.75. The highest BCUT2D eigenvalue weighted by molar-refractivity contribution is 7.13. The van der Waals surface area contributed by atoms with Gasteiger partial charge in [-0.1, -0.05) is 20.3 Å². The van der Waals surface area contributed by atoms with Crippen LogP contribution in [0, 0.1) is 0 Å². The molecule has 1 aromatic rings. The number of nitrogens with zero attached hydrogens (tertiary/aromatic N) is 2. The van der Waals surface area contributed by atoms with Crippen LogP contribution in [0.3, 0.4) is 0 Å². The smallest absolute Gasteiger partial charge is 0.185 e. The van der Waals surface area contributed by atoms with E-state index < -0.39 is 0 Å². The van der Waals surface area contributed by atoms with Gasteiger partial charge in [0.2, 0.25) is 0 Å². The van der Waals surface area contributed by atoms with E-state index >= 15 is 0 Å². The van der Waals surface area contributed by atoms with Gasteiger partial charge in [-0.05, 0) is 19.4 Å². The second-order valence-corrected chi connectivity index (χ2v) is 4.91. The molecule has 1 aromatic heterocycles. The average molecular weight is 241 g/mol. The van der Waals surface area contributed by atoms with Gasteiger partial charge in [-0.25, -0.2) is 4.98 Å². The summed E-state index contributed by atoms with van der Waals surface area (Å²) in [6.07, 6.45) is 3.65. The maximum Gasteiger partial charge on any atom is 0.185 e. The van der Waals surface area contributed by atoms with Crippen molar-refractivity contribution in [2.45, 2.75) is 39.7 Å². The highest BCUT2D eigenvalue weighted by atomic mass is 32.1. The Kier molecular flexibility index (Phi) is 6.42. The second kappa shape index (κ2) is 7.63. The first-order chi connectivity index (χ1) is 7.77. The van der Waals surface area contributed by atoms with Gasteiger partial charge in [-0.2, -0.15) is 0 Å². The summed E-state index contributed by atoms with van der Waals surface area (Å²) in [4.78, 5) is 6.86. The van der Waals surface area contributed by atoms with Crippen molar-refractivity contribution >= 4 is 16.5 Å². The first kappa shape index (κ1) is 13.5. The first-order valence-corrected chi connectivity index (χ1v) is 7.02. The Labute approximate surface area is 103 Å². The van der Waals surface area contributed by atoms with Crippen LogP contribution in [0.4, 0.5) is 5.13 Å². The Morgan fingerprint density at radius 3 is 2.88 bits per heavy atom. The van der Waals surface area contributed by atoms with E-state index in [2.05, 4.69) is 41.5 Å². The van der Waals surface area contributed by atoms with Crippen LogP contribution in [0.25, 0.3) is 0 Å². The predicted molar refractivity (Wildman–Crippen MR) is 72.3 cm³/mol. The van der Waals surface area contributed by atoms with Crippen molar-refractivity contribution in [3.8, 4) is 0 Å². The van der Waals surface area contributed by atoms with Gasteiger partial charge in [0.25, 0.3) is 0 Å². The Morgan fingerprint density at radius 2 is 2.19 bits per heavy atom. The number of aromatic nitrogens is 1. The molecule has 0 unspecified atom stereocenters. The van der Waals surface area contributed by atoms with Crippen LogP contribution in [0.5, 0.6) is 0 Å². The summed E-state index contributed by atoms with van der Waals surface area (Å²) in [6, 6.07) is 0. The summed E-state index contributed by atoms with van der Waals surface area (Å²) in [6.45, 7) is 7.46. The molecular weight excluding hydrogens is 218 g/mol. The first-order valence-electron chi connectivity index (χ1n) is 6.14. The molecule has 0 fully saturated rings. The summed E-state index contributed by atoms with van der Waals surface area (Å²) >= 11 is 1.74. The summed E-state index contributed by atoms with van der Waals surface area (Å²) in [5.74, 6) is 0. The zero-order valence-corrected chi connectivity index (χ0v) is 11.4. The molecule has 0 aliphatic carbocycles. The van der Waals surface area contributed by atoms with E-state index in [1.165, 1.54) is 19.3 Å². The van der Waals surface area contributed by atoms with Crippen molar-refractivity contribution < 1.29 is 0 Å². The van der Waals surface area contributed by atoms with Crippen LogP contribution in [0.1, 0.15) is 38.8 Å². The summed E-state index contributed by atoms with van der Waals surface area (Å²) in [5, 5.41) is 6.67. The van der Waals surface area contributed by atoms with Crippen molar-refractivity contribution in [3.63, 3.8) is 0 Å². The van der Waals surface area contributed by atoms with Gasteiger partial charge in [0.1, 0.15) is 0 Å². The standard InChI is InChI=1S/C12H23N3S/c1-4-6-8-15(3)12-14-11(10-16-12)9-13-7-5-2/h10,13H,4-9H2,1-3H3. The van der Waals surface area contributed by atoms with Crippen LogP contribution < -0.4 is 10.2 Å². The zero-order valence-electron chi connectivity index (χ0n) is 10.6. The molecule has 0 radical (unpaired) electrons. The van der Waals surface area contributed by atoms with Gasteiger partial charge in [0, 0.05) is 25.5 Å². The monoisotopic (exact) mass is 241 g/mol. The lowest BCUT2D eigenvalue weighted by Crippen LogP contribution is -2.18. The molecule has 3 nitrogen and oxygen atoms in total. The van der Waals surface area contributed by atoms with E-state index in [1.807, 2.05) is 0 Å². The summed E-state index contributed by atoms with van der Waals surface area (Å²) in [5.41, 5.74) is 1.16. The Hall–Kier alpha value is -0.610. The van der Waals surface area contributed by atoms with Crippen LogP contribution in [-0.2, 0) is 6.54 Å². The number of unbranched alkanes of at least 4 members (excludes halogenated alkanes) is 1. The summed E-state index contributed by atoms with van der Waals surface area (Å²) in [7, 11) is 2.12. The molecule has 0 aliphatic rings. The van der Waals surface area contributed by atoms with Crippen molar-refractivity contribution in [2.24, 2.45) is 0 Å². The number of thiazole rings is 1. The minimum Gasteiger partial charge on any atom is -0.351 e. The van der Waals surface area contributed by atoms with Gasteiger partial charge < -0.3 is 10.2 Å². The topological polar surface area (TPSA) is 28.2 Å². The van der Waals surface area contributed by atoms with Crippen LogP contribution in [0.2, 0.25) is 0 Å². The Morgan fingerprint density at radius 1 is 1.38 bits per heavy atom. The van der Waals surface area contributed by atoms with Crippen molar-refractivity contribution in [1.82, 2.24) is 10.3 Å². The number of nitrogens with one attached hydrogen (secondary N) is 1. The maximum absolute atomic E-state index is 4.62. The molecule has 16 heavy (non-hydrogen) atoms. The van der Waals surface area contributed by atoms with E-state index in [4.69, 9.17) is 0 Å². The number of hydrogen-bond acceptors (Lipinski definition) is 4. The molecule has 0 aliphatic heterocycles. The number of rotatable bonds is 8. The lowest BCUT2D eigenvalue weighted by molar-refractivity contribution is 0.666. The highest BCUT2D eigenvalue weighted by Crippen LogP contribution is 2.19. The van der Waals surface area contributed by atoms with Gasteiger partial charge in [-0.15, -0.1) is 11.3 Å². The number of hydrogen-bond donors (Lipinski definition) is 1. The van der Waals surface area contributed by atoms with Crippen LogP contribution in [0.15, 0.2) is 5.38 Å². The third-order valence-electron chi connectivity index (χ3n) is 2.45. The Balaban J connectivity index is 2.37. The van der Waals surface area contributed by atoms with E-state index in [0.29, 0.717) is 0 Å². The normalized spacial score (nSPS) is 10.7. The maximum atomic E-state index is 4.62. The number of anilines is 1. The minimum atomic E-state index is 0.895. The van der Waals surface area contributed by atoms with Gasteiger partial charge in [0.05, 0.1) is 5.69 Å². The third kappa shape index (κ3) is 4.49. The largest absolute Gasteiger partial charge is 0.351 e. The van der Waals surface area contributed by atoms with E-state index in [9.17, 15) is 0 Å². The Bertz CT molecular complexity index is 286. The van der Waals surface area contributed by atoms with E-state index in [-0.39, 0.29) is 0 Å². The molecule has 1 N–H and O–H groups in total. The SMILES string of the molecule is CCCCN(C)c1nc(CNCCC)cs1. The van der Waals surface area contributed by atoms with Gasteiger partial charge >= 0.3 is 0 Å². The van der Waals surface area contributed by atoms with Crippen molar-refractivity contribution in [1.29, 1.82) is 0 Å². The lowest BCUT2D eigenvalue weighted by Gasteiger charge is -2.14. The lowest BCUT2D eigenvalue weighted by atomic mass is 10.3. The fourth-order valence-electron chi connectivity index (χ4n) is 1.44. The third-order valence-corrected chi connectivity index (χ3v) is 3.45. The molecule has 0 atom stereocenters. The molecule has 92 valence electrons. The molecule has 0 spiro atoms. The fourth-order valence-corrected chi connectivity index (χ4v) is 2.26. The molecule has 1 heterocycles. The van der Waals surface area contributed by atoms with Gasteiger partial charge in [0.15, 0.2) is 5.13 Å². The second-order valence-electron chi connectivity index (χ2n) is 4.07. The van der Waals surface area contributed by atoms with Crippen LogP contribution in [-0.4, -0.2) is 25.1 Å². The molecule has 0 amide bonds. The molecule has 0 saturated carbocycles. The van der Waals surface area contributed by atoms with E-state index in [1.54, 1.807) is 11.3 Å². The molecule has 4 heteroatoms. The van der Waals surface area contributed by atoms with Crippen molar-refractivity contribution in [2.75, 3.05) is 25.0 Å². The molecule has 1 rings (SSSR count). The highest BCUT2D eigenvalue weighted by Gasteiger charge is 2.05. The minimum absolute atomic E-state index is 0.895. The summed E-state index contributed by atoms with van der Waals surface area (Å²) < 4.78 is 0. The fraction of sp³-hybridized carbons (Fsp3) is 0.750. The zero-order chi connectivity index (χ0) is 11.8. The van der Waals surface area contributed by atoms with Crippen LogP contribution >= 0.6 is 11.3 Å². The quantitative estimate of drug-likeness (QED) is 0.709. The predicted octanol–water partition coefficient (Wildman–Crippen LogP) is 2.88. The molecular formula is C12H23N3S.